The molecule has 0 amide bonds. The molecule has 100 valence electrons. The van der Waals surface area contributed by atoms with Gasteiger partial charge in [0.1, 0.15) is 0 Å². The number of para-hydroxylation sites is 1. The first-order chi connectivity index (χ1) is 9.83. The number of fused-ring (bicyclic) bond motifs is 1. The SMILES string of the molecule is C[C@@H](NCc1cnc2ccccc2c1)c1ccccc1. The normalized spacial score (nSPS) is 12.4. The number of hydrogen-bond donors (Lipinski definition) is 1. The molecule has 0 aliphatic rings. The molecule has 1 N–H and O–H groups in total. The smallest absolute Gasteiger partial charge is 0.0702 e. The van der Waals surface area contributed by atoms with Crippen molar-refractivity contribution in [3.8, 4) is 0 Å². The highest BCUT2D eigenvalue weighted by atomic mass is 14.9. The Kier molecular flexibility index (Phi) is 3.75. The molecule has 0 aliphatic carbocycles. The number of rotatable bonds is 4. The van der Waals surface area contributed by atoms with Crippen LogP contribution < -0.4 is 5.32 Å². The average Bonchev–Trinajstić information content (AvgIpc) is 2.53. The third-order valence-electron chi connectivity index (χ3n) is 3.56. The topological polar surface area (TPSA) is 24.9 Å². The molecule has 0 saturated heterocycles. The quantitative estimate of drug-likeness (QED) is 0.766. The van der Waals surface area contributed by atoms with Crippen molar-refractivity contribution in [2.45, 2.75) is 19.5 Å². The zero-order valence-electron chi connectivity index (χ0n) is 11.6. The van der Waals surface area contributed by atoms with Crippen molar-refractivity contribution in [1.29, 1.82) is 0 Å². The second kappa shape index (κ2) is 5.85. The minimum absolute atomic E-state index is 0.336. The van der Waals surface area contributed by atoms with E-state index >= 15 is 0 Å². The molecule has 2 nitrogen and oxygen atoms in total. The van der Waals surface area contributed by atoms with E-state index in [-0.39, 0.29) is 0 Å². The fourth-order valence-electron chi connectivity index (χ4n) is 2.34. The number of hydrogen-bond acceptors (Lipinski definition) is 2. The molecule has 0 spiro atoms. The maximum Gasteiger partial charge on any atom is 0.0702 e. The Bertz CT molecular complexity index is 692. The standard InChI is InChI=1S/C18H18N2/c1-14(16-7-3-2-4-8-16)19-12-15-11-17-9-5-6-10-18(17)20-13-15/h2-11,13-14,19H,12H2,1H3/t14-/m1/s1. The largest absolute Gasteiger partial charge is 0.306 e. The van der Waals surface area contributed by atoms with E-state index in [1.165, 1.54) is 16.5 Å². The van der Waals surface area contributed by atoms with Crippen LogP contribution in [0, 0.1) is 0 Å². The number of nitrogens with zero attached hydrogens (tertiary/aromatic N) is 1. The van der Waals surface area contributed by atoms with Crippen molar-refractivity contribution >= 4 is 10.9 Å². The fraction of sp³-hybridized carbons (Fsp3) is 0.167. The van der Waals surface area contributed by atoms with Gasteiger partial charge in [-0.15, -0.1) is 0 Å². The van der Waals surface area contributed by atoms with Gasteiger partial charge >= 0.3 is 0 Å². The van der Waals surface area contributed by atoms with Crippen LogP contribution in [0.25, 0.3) is 10.9 Å². The van der Waals surface area contributed by atoms with Gasteiger partial charge in [0.15, 0.2) is 0 Å². The van der Waals surface area contributed by atoms with Crippen LogP contribution in [0.4, 0.5) is 0 Å². The van der Waals surface area contributed by atoms with E-state index in [2.05, 4.69) is 53.6 Å². The fourth-order valence-corrected chi connectivity index (χ4v) is 2.34. The zero-order chi connectivity index (χ0) is 13.8. The first kappa shape index (κ1) is 12.8. The van der Waals surface area contributed by atoms with Gasteiger partial charge in [0.05, 0.1) is 5.52 Å². The molecule has 20 heavy (non-hydrogen) atoms. The Balaban J connectivity index is 1.70. The molecule has 0 bridgehead atoms. The van der Waals surface area contributed by atoms with E-state index in [1.54, 1.807) is 0 Å². The van der Waals surface area contributed by atoms with Crippen LogP contribution in [-0.2, 0) is 6.54 Å². The number of aromatic nitrogens is 1. The molecule has 1 aromatic heterocycles. The van der Waals surface area contributed by atoms with Gasteiger partial charge in [0.2, 0.25) is 0 Å². The lowest BCUT2D eigenvalue weighted by Gasteiger charge is -2.14. The minimum atomic E-state index is 0.336. The predicted octanol–water partition coefficient (Wildman–Crippen LogP) is 4.09. The Morgan fingerprint density at radius 2 is 1.75 bits per heavy atom. The van der Waals surface area contributed by atoms with Gasteiger partial charge in [-0.3, -0.25) is 4.98 Å². The summed E-state index contributed by atoms with van der Waals surface area (Å²) in [5.74, 6) is 0. The first-order valence-electron chi connectivity index (χ1n) is 6.95. The number of nitrogens with one attached hydrogen (secondary N) is 1. The highest BCUT2D eigenvalue weighted by Crippen LogP contribution is 2.15. The summed E-state index contributed by atoms with van der Waals surface area (Å²) in [5, 5.41) is 4.73. The van der Waals surface area contributed by atoms with Crippen molar-refractivity contribution in [2.75, 3.05) is 0 Å². The predicted molar refractivity (Wildman–Crippen MR) is 83.4 cm³/mol. The molecule has 0 aliphatic heterocycles. The minimum Gasteiger partial charge on any atom is -0.306 e. The van der Waals surface area contributed by atoms with E-state index in [9.17, 15) is 0 Å². The Hall–Kier alpha value is -2.19. The number of benzene rings is 2. The molecular formula is C18H18N2. The second-order valence-electron chi connectivity index (χ2n) is 5.05. The van der Waals surface area contributed by atoms with Gasteiger partial charge in [-0.05, 0) is 30.2 Å². The van der Waals surface area contributed by atoms with Crippen LogP contribution in [0.1, 0.15) is 24.1 Å². The van der Waals surface area contributed by atoms with Gasteiger partial charge < -0.3 is 5.32 Å². The van der Waals surface area contributed by atoms with E-state index in [0.717, 1.165) is 12.1 Å². The molecule has 0 fully saturated rings. The summed E-state index contributed by atoms with van der Waals surface area (Å²) in [4.78, 5) is 4.49. The third kappa shape index (κ3) is 2.86. The molecule has 1 atom stereocenters. The highest BCUT2D eigenvalue weighted by molar-refractivity contribution is 5.78. The molecule has 2 aromatic carbocycles. The third-order valence-corrected chi connectivity index (χ3v) is 3.56. The van der Waals surface area contributed by atoms with Crippen LogP contribution >= 0.6 is 0 Å². The van der Waals surface area contributed by atoms with Crippen molar-refractivity contribution in [2.24, 2.45) is 0 Å². The molecule has 3 aromatic rings. The maximum atomic E-state index is 4.49. The van der Waals surface area contributed by atoms with Crippen molar-refractivity contribution < 1.29 is 0 Å². The van der Waals surface area contributed by atoms with E-state index in [4.69, 9.17) is 0 Å². The molecule has 1 heterocycles. The maximum absolute atomic E-state index is 4.49. The van der Waals surface area contributed by atoms with Gasteiger partial charge in [0, 0.05) is 24.2 Å². The first-order valence-corrected chi connectivity index (χ1v) is 6.95. The van der Waals surface area contributed by atoms with Gasteiger partial charge in [0.25, 0.3) is 0 Å². The van der Waals surface area contributed by atoms with Crippen molar-refractivity contribution in [3.63, 3.8) is 0 Å². The van der Waals surface area contributed by atoms with Gasteiger partial charge in [-0.25, -0.2) is 0 Å². The lowest BCUT2D eigenvalue weighted by molar-refractivity contribution is 0.574. The van der Waals surface area contributed by atoms with E-state index in [1.807, 2.05) is 30.5 Å². The Morgan fingerprint density at radius 1 is 1.00 bits per heavy atom. The van der Waals surface area contributed by atoms with E-state index in [0.29, 0.717) is 6.04 Å². The van der Waals surface area contributed by atoms with Gasteiger partial charge in [-0.2, -0.15) is 0 Å². The van der Waals surface area contributed by atoms with E-state index < -0.39 is 0 Å². The summed E-state index contributed by atoms with van der Waals surface area (Å²) in [6.45, 7) is 3.01. The molecule has 0 unspecified atom stereocenters. The summed E-state index contributed by atoms with van der Waals surface area (Å²) >= 11 is 0. The highest BCUT2D eigenvalue weighted by Gasteiger charge is 2.04. The molecule has 0 radical (unpaired) electrons. The Labute approximate surface area is 119 Å². The summed E-state index contributed by atoms with van der Waals surface area (Å²) in [6.07, 6.45) is 1.95. The summed E-state index contributed by atoms with van der Waals surface area (Å²) in [5.41, 5.74) is 3.57. The molecule has 2 heteroatoms. The van der Waals surface area contributed by atoms with Crippen LogP contribution in [0.5, 0.6) is 0 Å². The lowest BCUT2D eigenvalue weighted by Crippen LogP contribution is -2.18. The Morgan fingerprint density at radius 3 is 2.60 bits per heavy atom. The second-order valence-corrected chi connectivity index (χ2v) is 5.05. The average molecular weight is 262 g/mol. The van der Waals surface area contributed by atoms with Gasteiger partial charge in [-0.1, -0.05) is 48.5 Å². The zero-order valence-corrected chi connectivity index (χ0v) is 11.6. The monoisotopic (exact) mass is 262 g/mol. The number of pyridine rings is 1. The summed E-state index contributed by atoms with van der Waals surface area (Å²) < 4.78 is 0. The molecular weight excluding hydrogens is 244 g/mol. The molecule has 0 saturated carbocycles. The van der Waals surface area contributed by atoms with Crippen LogP contribution in [-0.4, -0.2) is 4.98 Å². The summed E-state index contributed by atoms with van der Waals surface area (Å²) in [7, 11) is 0. The van der Waals surface area contributed by atoms with Crippen LogP contribution in [0.3, 0.4) is 0 Å². The molecule has 3 rings (SSSR count). The van der Waals surface area contributed by atoms with Crippen LogP contribution in [0.2, 0.25) is 0 Å². The van der Waals surface area contributed by atoms with Crippen molar-refractivity contribution in [3.05, 3.63) is 78.0 Å². The van der Waals surface area contributed by atoms with Crippen LogP contribution in [0.15, 0.2) is 66.9 Å². The lowest BCUT2D eigenvalue weighted by atomic mass is 10.1. The van der Waals surface area contributed by atoms with Crippen molar-refractivity contribution in [1.82, 2.24) is 10.3 Å². The summed E-state index contributed by atoms with van der Waals surface area (Å²) in [6, 6.07) is 21.2.